The van der Waals surface area contributed by atoms with Crippen LogP contribution in [0.4, 0.5) is 17.3 Å². The third-order valence-corrected chi connectivity index (χ3v) is 5.46. The first-order valence-electron chi connectivity index (χ1n) is 9.97. The molecule has 0 fully saturated rings. The molecule has 4 rings (SSSR count). The Morgan fingerprint density at radius 2 is 1.77 bits per heavy atom. The average molecular weight is 416 g/mol. The third-order valence-electron chi connectivity index (χ3n) is 5.46. The van der Waals surface area contributed by atoms with Gasteiger partial charge >= 0.3 is 0 Å². The van der Waals surface area contributed by atoms with Crippen molar-refractivity contribution in [3.63, 3.8) is 0 Å². The second-order valence-corrected chi connectivity index (χ2v) is 7.53. The van der Waals surface area contributed by atoms with Gasteiger partial charge in [0, 0.05) is 5.69 Å². The van der Waals surface area contributed by atoms with Crippen LogP contribution in [0.15, 0.2) is 59.7 Å². The lowest BCUT2D eigenvalue weighted by Crippen LogP contribution is -2.27. The summed E-state index contributed by atoms with van der Waals surface area (Å²) in [6, 6.07) is 15.4. The normalized spacial score (nSPS) is 12.0. The number of anilines is 3. The fourth-order valence-electron chi connectivity index (χ4n) is 3.87. The molecular formula is C23H25N7O. The second-order valence-electron chi connectivity index (χ2n) is 7.53. The fourth-order valence-corrected chi connectivity index (χ4v) is 3.87. The van der Waals surface area contributed by atoms with E-state index in [4.69, 9.17) is 11.6 Å². The number of nitrogen functional groups attached to an aromatic ring is 2. The molecule has 0 bridgehead atoms. The molecule has 0 spiro atoms. The summed E-state index contributed by atoms with van der Waals surface area (Å²) in [5.74, 6) is 6.30. The van der Waals surface area contributed by atoms with Gasteiger partial charge < -0.3 is 16.5 Å². The minimum absolute atomic E-state index is 0.0621. The van der Waals surface area contributed by atoms with Gasteiger partial charge in [-0.25, -0.2) is 9.97 Å². The molecule has 0 saturated heterocycles. The Morgan fingerprint density at radius 3 is 2.52 bits per heavy atom. The first kappa shape index (κ1) is 20.4. The molecule has 2 aromatic heterocycles. The summed E-state index contributed by atoms with van der Waals surface area (Å²) in [5.41, 5.74) is 12.4. The smallest absolute Gasteiger partial charge is 0.263 e. The van der Waals surface area contributed by atoms with E-state index >= 15 is 0 Å². The maximum absolute atomic E-state index is 13.7. The second kappa shape index (κ2) is 8.08. The van der Waals surface area contributed by atoms with Crippen molar-refractivity contribution in [2.75, 3.05) is 16.5 Å². The van der Waals surface area contributed by atoms with Crippen LogP contribution in [0.25, 0.3) is 16.5 Å². The molecule has 0 aliphatic heterocycles. The largest absolute Gasteiger partial charge is 0.382 e. The molecule has 1 atom stereocenters. The Bertz CT molecular complexity index is 1330. The summed E-state index contributed by atoms with van der Waals surface area (Å²) in [7, 11) is 0. The zero-order valence-electron chi connectivity index (χ0n) is 17.7. The predicted molar refractivity (Wildman–Crippen MR) is 125 cm³/mol. The molecular weight excluding hydrogens is 390 g/mol. The van der Waals surface area contributed by atoms with E-state index in [0.717, 1.165) is 27.9 Å². The van der Waals surface area contributed by atoms with Gasteiger partial charge in [-0.15, -0.1) is 0 Å². The lowest BCUT2D eigenvalue weighted by molar-refractivity contribution is 0.770. The lowest BCUT2D eigenvalue weighted by Gasteiger charge is -2.23. The number of aryl methyl sites for hydroxylation is 2. The Balaban J connectivity index is 1.95. The molecule has 0 aliphatic carbocycles. The summed E-state index contributed by atoms with van der Waals surface area (Å²) >= 11 is 0. The maximum atomic E-state index is 13.7. The van der Waals surface area contributed by atoms with Crippen LogP contribution in [-0.4, -0.2) is 14.5 Å². The van der Waals surface area contributed by atoms with E-state index in [2.05, 4.69) is 20.7 Å². The Labute approximate surface area is 179 Å². The van der Waals surface area contributed by atoms with E-state index in [1.165, 1.54) is 6.33 Å². The van der Waals surface area contributed by atoms with Crippen LogP contribution in [0.1, 0.15) is 29.8 Å². The molecule has 0 saturated carbocycles. The van der Waals surface area contributed by atoms with Gasteiger partial charge in [0.2, 0.25) is 0 Å². The molecule has 158 valence electrons. The van der Waals surface area contributed by atoms with Gasteiger partial charge in [0.25, 0.3) is 5.56 Å². The summed E-state index contributed by atoms with van der Waals surface area (Å²) in [6.45, 7) is 5.91. The number of benzene rings is 2. The number of aromatic nitrogens is 3. The van der Waals surface area contributed by atoms with Crippen molar-refractivity contribution in [3.8, 4) is 5.69 Å². The number of para-hydroxylation sites is 1. The van der Waals surface area contributed by atoms with E-state index < -0.39 is 0 Å². The summed E-state index contributed by atoms with van der Waals surface area (Å²) < 4.78 is 1.77. The molecule has 1 unspecified atom stereocenters. The molecule has 31 heavy (non-hydrogen) atoms. The maximum Gasteiger partial charge on any atom is 0.263 e. The van der Waals surface area contributed by atoms with Crippen LogP contribution in [0, 0.1) is 13.8 Å². The van der Waals surface area contributed by atoms with Crippen LogP contribution in [0.2, 0.25) is 0 Å². The van der Waals surface area contributed by atoms with Gasteiger partial charge in [-0.05, 0) is 49.4 Å². The summed E-state index contributed by atoms with van der Waals surface area (Å²) in [6.07, 6.45) is 1.36. The third kappa shape index (κ3) is 3.57. The van der Waals surface area contributed by atoms with Crippen molar-refractivity contribution >= 4 is 28.1 Å². The first-order chi connectivity index (χ1) is 14.9. The van der Waals surface area contributed by atoms with E-state index in [1.807, 2.05) is 69.3 Å². The van der Waals surface area contributed by atoms with Crippen LogP contribution < -0.4 is 27.9 Å². The van der Waals surface area contributed by atoms with Crippen molar-refractivity contribution in [3.05, 3.63) is 82.0 Å². The minimum Gasteiger partial charge on any atom is -0.382 e. The van der Waals surface area contributed by atoms with Crippen LogP contribution in [0.5, 0.6) is 0 Å². The summed E-state index contributed by atoms with van der Waals surface area (Å²) in [4.78, 5) is 21.9. The average Bonchev–Trinajstić information content (AvgIpc) is 2.74. The quantitative estimate of drug-likeness (QED) is 0.291. The standard InChI is InChI=1S/C23H25N7O/c1-13-7-4-5-10-17(13)30-18(11-16-9-6-8-14(2)19(16)23(30)31)15(3)28-22-20(29-25)21(24)26-12-27-22/h4-12,15,29H,25H2,1-3H3,(H3,24,26,27,28). The van der Waals surface area contributed by atoms with E-state index in [1.54, 1.807) is 4.57 Å². The highest BCUT2D eigenvalue weighted by Gasteiger charge is 2.20. The SMILES string of the molecule is Cc1ccccc1-n1c(C(C)Nc2ncnc(N)c2NN)cc2cccc(C)c2c1=O. The number of pyridine rings is 1. The molecule has 2 heterocycles. The zero-order valence-corrected chi connectivity index (χ0v) is 17.7. The minimum atomic E-state index is -0.293. The van der Waals surface area contributed by atoms with Crippen molar-refractivity contribution < 1.29 is 0 Å². The Hall–Kier alpha value is -3.91. The molecule has 0 aliphatic rings. The Kier molecular flexibility index (Phi) is 5.31. The Morgan fingerprint density at radius 1 is 1.03 bits per heavy atom. The number of nitrogens with two attached hydrogens (primary N) is 2. The van der Waals surface area contributed by atoms with Crippen molar-refractivity contribution in [2.45, 2.75) is 26.8 Å². The van der Waals surface area contributed by atoms with Gasteiger partial charge in [-0.1, -0.05) is 36.4 Å². The van der Waals surface area contributed by atoms with E-state index in [9.17, 15) is 4.79 Å². The number of hydrogen-bond donors (Lipinski definition) is 4. The molecule has 0 amide bonds. The highest BCUT2D eigenvalue weighted by atomic mass is 16.1. The topological polar surface area (TPSA) is 124 Å². The van der Waals surface area contributed by atoms with Gasteiger partial charge in [-0.3, -0.25) is 15.2 Å². The fraction of sp³-hybridized carbons (Fsp3) is 0.174. The number of hydrazine groups is 1. The van der Waals surface area contributed by atoms with Crippen LogP contribution in [-0.2, 0) is 0 Å². The van der Waals surface area contributed by atoms with Gasteiger partial charge in [0.05, 0.1) is 17.1 Å². The highest BCUT2D eigenvalue weighted by molar-refractivity contribution is 5.86. The van der Waals surface area contributed by atoms with Gasteiger partial charge in [0.1, 0.15) is 12.0 Å². The number of nitrogens with one attached hydrogen (secondary N) is 2. The molecule has 8 heteroatoms. The molecule has 6 N–H and O–H groups in total. The monoisotopic (exact) mass is 415 g/mol. The number of rotatable bonds is 5. The van der Waals surface area contributed by atoms with E-state index in [-0.39, 0.29) is 17.4 Å². The van der Waals surface area contributed by atoms with Crippen molar-refractivity contribution in [2.24, 2.45) is 5.84 Å². The molecule has 0 radical (unpaired) electrons. The summed E-state index contributed by atoms with van der Waals surface area (Å²) in [5, 5.41) is 4.91. The van der Waals surface area contributed by atoms with Gasteiger partial charge in [0.15, 0.2) is 11.6 Å². The molecule has 2 aromatic carbocycles. The van der Waals surface area contributed by atoms with Crippen molar-refractivity contribution in [1.82, 2.24) is 14.5 Å². The van der Waals surface area contributed by atoms with Gasteiger partial charge in [-0.2, -0.15) is 0 Å². The first-order valence-corrected chi connectivity index (χ1v) is 9.97. The van der Waals surface area contributed by atoms with Crippen LogP contribution >= 0.6 is 0 Å². The highest BCUT2D eigenvalue weighted by Crippen LogP contribution is 2.29. The number of hydrogen-bond acceptors (Lipinski definition) is 7. The van der Waals surface area contributed by atoms with Crippen molar-refractivity contribution in [1.29, 1.82) is 0 Å². The molecule has 4 aromatic rings. The number of nitrogens with zero attached hydrogens (tertiary/aromatic N) is 3. The lowest BCUT2D eigenvalue weighted by atomic mass is 10.0. The number of fused-ring (bicyclic) bond motifs is 1. The van der Waals surface area contributed by atoms with E-state index in [0.29, 0.717) is 16.9 Å². The molecule has 8 nitrogen and oxygen atoms in total. The van der Waals surface area contributed by atoms with Crippen LogP contribution in [0.3, 0.4) is 0 Å². The predicted octanol–water partition coefficient (Wildman–Crippen LogP) is 3.44. The zero-order chi connectivity index (χ0) is 22.1.